The van der Waals surface area contributed by atoms with Gasteiger partial charge in [-0.25, -0.2) is 0 Å². The fraction of sp³-hybridized carbons (Fsp3) is 0.571. The lowest BCUT2D eigenvalue weighted by molar-refractivity contribution is 0.269. The first-order valence-corrected chi connectivity index (χ1v) is 6.87. The molecule has 18 heavy (non-hydrogen) atoms. The van der Waals surface area contributed by atoms with Crippen LogP contribution in [0, 0.1) is 0 Å². The highest BCUT2D eigenvalue weighted by Crippen LogP contribution is 2.23. The molecule has 0 saturated heterocycles. The van der Waals surface area contributed by atoms with Crippen molar-refractivity contribution in [3.05, 3.63) is 23.2 Å². The molecular formula is C14H24ClN3. The number of benzene rings is 1. The molecule has 0 fully saturated rings. The van der Waals surface area contributed by atoms with Crippen molar-refractivity contribution < 1.29 is 0 Å². The van der Waals surface area contributed by atoms with Crippen molar-refractivity contribution in [3.63, 3.8) is 0 Å². The minimum absolute atomic E-state index is 0.615. The molecule has 0 spiro atoms. The Balaban J connectivity index is 2.22. The van der Waals surface area contributed by atoms with E-state index in [1.807, 2.05) is 12.1 Å². The lowest BCUT2D eigenvalue weighted by Gasteiger charge is -2.20. The van der Waals surface area contributed by atoms with E-state index in [1.54, 1.807) is 6.07 Å². The highest BCUT2D eigenvalue weighted by Gasteiger charge is 2.02. The van der Waals surface area contributed by atoms with E-state index >= 15 is 0 Å². The smallest absolute Gasteiger partial charge is 0.0657 e. The zero-order valence-corrected chi connectivity index (χ0v) is 12.3. The molecule has 0 aliphatic carbocycles. The van der Waals surface area contributed by atoms with Gasteiger partial charge in [-0.3, -0.25) is 0 Å². The van der Waals surface area contributed by atoms with Crippen LogP contribution in [0.2, 0.25) is 5.02 Å². The first-order chi connectivity index (χ1) is 8.50. The van der Waals surface area contributed by atoms with Crippen LogP contribution in [0.5, 0.6) is 0 Å². The Morgan fingerprint density at radius 3 is 2.67 bits per heavy atom. The molecule has 0 aliphatic heterocycles. The van der Waals surface area contributed by atoms with Gasteiger partial charge in [-0.1, -0.05) is 11.6 Å². The average Bonchev–Trinajstić information content (AvgIpc) is 2.30. The van der Waals surface area contributed by atoms with Crippen molar-refractivity contribution in [1.29, 1.82) is 0 Å². The van der Waals surface area contributed by atoms with Crippen LogP contribution in [-0.2, 0) is 0 Å². The quantitative estimate of drug-likeness (QED) is 0.588. The molecule has 4 heteroatoms. The second-order valence-electron chi connectivity index (χ2n) is 4.95. The van der Waals surface area contributed by atoms with Crippen LogP contribution in [0.15, 0.2) is 18.2 Å². The van der Waals surface area contributed by atoms with Gasteiger partial charge >= 0.3 is 0 Å². The van der Waals surface area contributed by atoms with E-state index in [9.17, 15) is 0 Å². The summed E-state index contributed by atoms with van der Waals surface area (Å²) in [5.41, 5.74) is 7.31. The average molecular weight is 270 g/mol. The summed E-state index contributed by atoms with van der Waals surface area (Å²) in [6.45, 7) is 6.50. The fourth-order valence-corrected chi connectivity index (χ4v) is 1.90. The van der Waals surface area contributed by atoms with E-state index in [-0.39, 0.29) is 0 Å². The summed E-state index contributed by atoms with van der Waals surface area (Å²) in [4.78, 5) is 2.36. The minimum Gasteiger partial charge on any atom is -0.399 e. The largest absolute Gasteiger partial charge is 0.399 e. The molecule has 0 saturated carbocycles. The number of hydrogen-bond acceptors (Lipinski definition) is 3. The summed E-state index contributed by atoms with van der Waals surface area (Å²) in [5, 5.41) is 4.03. The molecule has 0 aliphatic rings. The van der Waals surface area contributed by atoms with Gasteiger partial charge in [0.15, 0.2) is 0 Å². The SMILES string of the molecule is CC(C)N(C)CCCCNc1ccc(N)cc1Cl. The van der Waals surface area contributed by atoms with Crippen LogP contribution in [0.3, 0.4) is 0 Å². The third-order valence-corrected chi connectivity index (χ3v) is 3.44. The third kappa shape index (κ3) is 5.15. The number of rotatable bonds is 7. The predicted molar refractivity (Wildman–Crippen MR) is 81.4 cm³/mol. The van der Waals surface area contributed by atoms with E-state index in [0.717, 1.165) is 25.2 Å². The van der Waals surface area contributed by atoms with Gasteiger partial charge in [0.25, 0.3) is 0 Å². The van der Waals surface area contributed by atoms with Crippen molar-refractivity contribution in [2.75, 3.05) is 31.2 Å². The van der Waals surface area contributed by atoms with Crippen LogP contribution >= 0.6 is 11.6 Å². The second kappa shape index (κ2) is 7.49. The number of nitrogens with zero attached hydrogens (tertiary/aromatic N) is 1. The summed E-state index contributed by atoms with van der Waals surface area (Å²) in [6, 6.07) is 6.18. The Kier molecular flexibility index (Phi) is 6.30. The van der Waals surface area contributed by atoms with Gasteiger partial charge in [0.2, 0.25) is 0 Å². The number of nitrogens with two attached hydrogens (primary N) is 1. The predicted octanol–water partition coefficient (Wildman–Crippen LogP) is 3.45. The Morgan fingerprint density at radius 2 is 2.06 bits per heavy atom. The first-order valence-electron chi connectivity index (χ1n) is 6.50. The Labute approximate surface area is 115 Å². The van der Waals surface area contributed by atoms with E-state index in [0.29, 0.717) is 16.8 Å². The summed E-state index contributed by atoms with van der Waals surface area (Å²) in [7, 11) is 2.16. The van der Waals surface area contributed by atoms with Gasteiger partial charge in [0.05, 0.1) is 10.7 Å². The number of nitrogens with one attached hydrogen (secondary N) is 1. The number of nitrogen functional groups attached to an aromatic ring is 1. The topological polar surface area (TPSA) is 41.3 Å². The van der Waals surface area contributed by atoms with Crippen molar-refractivity contribution in [1.82, 2.24) is 4.90 Å². The number of anilines is 2. The molecule has 0 amide bonds. The van der Waals surface area contributed by atoms with Crippen LogP contribution in [0.1, 0.15) is 26.7 Å². The highest BCUT2D eigenvalue weighted by atomic mass is 35.5. The molecule has 1 rings (SSSR count). The van der Waals surface area contributed by atoms with Crippen LogP contribution in [0.25, 0.3) is 0 Å². The molecule has 0 radical (unpaired) electrons. The number of halogens is 1. The molecular weight excluding hydrogens is 246 g/mol. The molecule has 102 valence electrons. The van der Waals surface area contributed by atoms with Crippen LogP contribution in [0.4, 0.5) is 11.4 Å². The van der Waals surface area contributed by atoms with Gasteiger partial charge in [-0.15, -0.1) is 0 Å². The lowest BCUT2D eigenvalue weighted by atomic mass is 10.2. The van der Waals surface area contributed by atoms with Gasteiger partial charge in [0.1, 0.15) is 0 Å². The molecule has 0 heterocycles. The Bertz CT molecular complexity index is 366. The summed E-state index contributed by atoms with van der Waals surface area (Å²) < 4.78 is 0. The first kappa shape index (κ1) is 15.1. The molecule has 3 nitrogen and oxygen atoms in total. The van der Waals surface area contributed by atoms with Gasteiger partial charge in [-0.2, -0.15) is 0 Å². The molecule has 3 N–H and O–H groups in total. The zero-order valence-electron chi connectivity index (χ0n) is 11.5. The standard InChI is InChI=1S/C14H24ClN3/c1-11(2)18(3)9-5-4-8-17-14-7-6-12(16)10-13(14)15/h6-7,10-11,17H,4-5,8-9,16H2,1-3H3. The summed E-state index contributed by atoms with van der Waals surface area (Å²) in [6.07, 6.45) is 2.33. The molecule has 0 atom stereocenters. The van der Waals surface area contributed by atoms with Crippen LogP contribution < -0.4 is 11.1 Å². The van der Waals surface area contributed by atoms with Crippen molar-refractivity contribution in [3.8, 4) is 0 Å². The zero-order chi connectivity index (χ0) is 13.5. The molecule has 1 aromatic carbocycles. The minimum atomic E-state index is 0.615. The summed E-state index contributed by atoms with van der Waals surface area (Å²) >= 11 is 6.08. The molecule has 1 aromatic rings. The Hall–Kier alpha value is -0.930. The van der Waals surface area contributed by atoms with Crippen LogP contribution in [-0.4, -0.2) is 31.1 Å². The van der Waals surface area contributed by atoms with Crippen molar-refractivity contribution >= 4 is 23.0 Å². The van der Waals surface area contributed by atoms with Gasteiger partial charge in [-0.05, 0) is 58.5 Å². The van der Waals surface area contributed by atoms with E-state index in [1.165, 1.54) is 6.42 Å². The van der Waals surface area contributed by atoms with Gasteiger partial charge in [0, 0.05) is 18.3 Å². The van der Waals surface area contributed by atoms with Crippen molar-refractivity contribution in [2.45, 2.75) is 32.7 Å². The highest BCUT2D eigenvalue weighted by molar-refractivity contribution is 6.33. The van der Waals surface area contributed by atoms with Gasteiger partial charge < -0.3 is 16.0 Å². The number of hydrogen-bond donors (Lipinski definition) is 2. The molecule has 0 unspecified atom stereocenters. The third-order valence-electron chi connectivity index (χ3n) is 3.13. The summed E-state index contributed by atoms with van der Waals surface area (Å²) in [5.74, 6) is 0. The van der Waals surface area contributed by atoms with E-state index in [2.05, 4.69) is 31.1 Å². The Morgan fingerprint density at radius 1 is 1.33 bits per heavy atom. The normalized spacial score (nSPS) is 11.2. The maximum atomic E-state index is 6.08. The lowest BCUT2D eigenvalue weighted by Crippen LogP contribution is -2.27. The molecule has 0 bridgehead atoms. The van der Waals surface area contributed by atoms with E-state index < -0.39 is 0 Å². The number of unbranched alkanes of at least 4 members (excludes halogenated alkanes) is 1. The maximum absolute atomic E-state index is 6.08. The monoisotopic (exact) mass is 269 g/mol. The van der Waals surface area contributed by atoms with Crippen molar-refractivity contribution in [2.24, 2.45) is 0 Å². The van der Waals surface area contributed by atoms with E-state index in [4.69, 9.17) is 17.3 Å². The second-order valence-corrected chi connectivity index (χ2v) is 5.35. The fourth-order valence-electron chi connectivity index (χ4n) is 1.64. The maximum Gasteiger partial charge on any atom is 0.0657 e. The molecule has 0 aromatic heterocycles.